The van der Waals surface area contributed by atoms with Gasteiger partial charge in [0.25, 0.3) is 0 Å². The minimum Gasteiger partial charge on any atom is -0.312 e. The SMILES string of the molecule is CCC(CC)CC(NC)c1ccncn1. The summed E-state index contributed by atoms with van der Waals surface area (Å²) in [5.74, 6) is 0.775. The van der Waals surface area contributed by atoms with Gasteiger partial charge in [0.15, 0.2) is 0 Å². The van der Waals surface area contributed by atoms with Crippen molar-refractivity contribution in [2.45, 2.75) is 39.2 Å². The lowest BCUT2D eigenvalue weighted by Gasteiger charge is -2.20. The van der Waals surface area contributed by atoms with E-state index in [1.807, 2.05) is 13.1 Å². The maximum absolute atomic E-state index is 4.30. The van der Waals surface area contributed by atoms with Crippen LogP contribution in [0, 0.1) is 5.92 Å². The lowest BCUT2D eigenvalue weighted by molar-refractivity contribution is 0.380. The van der Waals surface area contributed by atoms with Crippen LogP contribution in [-0.4, -0.2) is 17.0 Å². The van der Waals surface area contributed by atoms with Crippen molar-refractivity contribution in [1.82, 2.24) is 15.3 Å². The highest BCUT2D eigenvalue weighted by Gasteiger charge is 2.14. The van der Waals surface area contributed by atoms with Gasteiger partial charge in [0.1, 0.15) is 6.33 Å². The van der Waals surface area contributed by atoms with Crippen LogP contribution in [0.2, 0.25) is 0 Å². The van der Waals surface area contributed by atoms with Crippen molar-refractivity contribution in [3.8, 4) is 0 Å². The molecule has 1 heterocycles. The molecule has 0 fully saturated rings. The number of hydrogen-bond donors (Lipinski definition) is 1. The number of nitrogens with one attached hydrogen (secondary N) is 1. The first-order chi connectivity index (χ1) is 7.31. The molecule has 84 valence electrons. The van der Waals surface area contributed by atoms with Crippen LogP contribution in [0.1, 0.15) is 44.8 Å². The van der Waals surface area contributed by atoms with E-state index >= 15 is 0 Å². The summed E-state index contributed by atoms with van der Waals surface area (Å²) in [5.41, 5.74) is 1.10. The predicted molar refractivity (Wildman–Crippen MR) is 62.5 cm³/mol. The fraction of sp³-hybridized carbons (Fsp3) is 0.667. The van der Waals surface area contributed by atoms with Gasteiger partial charge in [0.2, 0.25) is 0 Å². The summed E-state index contributed by atoms with van der Waals surface area (Å²) in [5, 5.41) is 3.33. The highest BCUT2D eigenvalue weighted by molar-refractivity contribution is 5.04. The second-order valence-electron chi connectivity index (χ2n) is 3.89. The molecule has 0 aliphatic rings. The van der Waals surface area contributed by atoms with Crippen LogP contribution in [0.4, 0.5) is 0 Å². The van der Waals surface area contributed by atoms with Crippen LogP contribution in [0.15, 0.2) is 18.6 Å². The Morgan fingerprint density at radius 2 is 2.07 bits per heavy atom. The summed E-state index contributed by atoms with van der Waals surface area (Å²) in [4.78, 5) is 8.24. The molecule has 0 saturated carbocycles. The molecule has 1 aromatic heterocycles. The van der Waals surface area contributed by atoms with E-state index in [9.17, 15) is 0 Å². The Morgan fingerprint density at radius 1 is 1.33 bits per heavy atom. The zero-order chi connectivity index (χ0) is 11.1. The van der Waals surface area contributed by atoms with Gasteiger partial charge in [0, 0.05) is 12.2 Å². The molecule has 3 heteroatoms. The fourth-order valence-electron chi connectivity index (χ4n) is 1.85. The molecule has 0 aliphatic carbocycles. The molecule has 0 amide bonds. The molecule has 0 spiro atoms. The van der Waals surface area contributed by atoms with E-state index in [2.05, 4.69) is 29.1 Å². The molecule has 1 aromatic rings. The van der Waals surface area contributed by atoms with E-state index in [0.29, 0.717) is 6.04 Å². The fourth-order valence-corrected chi connectivity index (χ4v) is 1.85. The highest BCUT2D eigenvalue weighted by Crippen LogP contribution is 2.23. The predicted octanol–water partition coefficient (Wildman–Crippen LogP) is 2.56. The number of aromatic nitrogens is 2. The minimum atomic E-state index is 0.359. The maximum Gasteiger partial charge on any atom is 0.115 e. The number of rotatable bonds is 6. The van der Waals surface area contributed by atoms with Crippen molar-refractivity contribution < 1.29 is 0 Å². The maximum atomic E-state index is 4.30. The monoisotopic (exact) mass is 207 g/mol. The first kappa shape index (κ1) is 12.1. The average Bonchev–Trinajstić information content (AvgIpc) is 2.32. The van der Waals surface area contributed by atoms with E-state index in [-0.39, 0.29) is 0 Å². The van der Waals surface area contributed by atoms with Crippen LogP contribution in [0.3, 0.4) is 0 Å². The van der Waals surface area contributed by atoms with Gasteiger partial charge in [-0.3, -0.25) is 0 Å². The zero-order valence-electron chi connectivity index (χ0n) is 9.90. The lowest BCUT2D eigenvalue weighted by Crippen LogP contribution is -2.20. The first-order valence-corrected chi connectivity index (χ1v) is 5.74. The summed E-state index contributed by atoms with van der Waals surface area (Å²) in [6, 6.07) is 2.35. The van der Waals surface area contributed by atoms with Crippen molar-refractivity contribution in [2.75, 3.05) is 7.05 Å². The van der Waals surface area contributed by atoms with Gasteiger partial charge in [0.05, 0.1) is 5.69 Å². The van der Waals surface area contributed by atoms with Gasteiger partial charge in [-0.05, 0) is 25.5 Å². The van der Waals surface area contributed by atoms with Crippen LogP contribution in [0.5, 0.6) is 0 Å². The van der Waals surface area contributed by atoms with Gasteiger partial charge < -0.3 is 5.32 Å². The first-order valence-electron chi connectivity index (χ1n) is 5.74. The van der Waals surface area contributed by atoms with Gasteiger partial charge in [-0.25, -0.2) is 9.97 Å². The molecule has 1 atom stereocenters. The second-order valence-corrected chi connectivity index (χ2v) is 3.89. The number of nitrogens with zero attached hydrogens (tertiary/aromatic N) is 2. The van der Waals surface area contributed by atoms with Gasteiger partial charge in [-0.2, -0.15) is 0 Å². The third-order valence-electron chi connectivity index (χ3n) is 3.03. The summed E-state index contributed by atoms with van der Waals surface area (Å²) in [7, 11) is 2.00. The molecule has 15 heavy (non-hydrogen) atoms. The lowest BCUT2D eigenvalue weighted by atomic mass is 9.93. The molecule has 0 aliphatic heterocycles. The summed E-state index contributed by atoms with van der Waals surface area (Å²) in [6.07, 6.45) is 7.05. The molecular formula is C12H21N3. The third-order valence-corrected chi connectivity index (χ3v) is 3.03. The van der Waals surface area contributed by atoms with Gasteiger partial charge in [-0.15, -0.1) is 0 Å². The minimum absolute atomic E-state index is 0.359. The Kier molecular flexibility index (Phi) is 5.26. The quantitative estimate of drug-likeness (QED) is 0.779. The standard InChI is InChI=1S/C12H21N3/c1-4-10(5-2)8-12(13-3)11-6-7-14-9-15-11/h6-7,9-10,12-13H,4-5,8H2,1-3H3. The van der Waals surface area contributed by atoms with E-state index in [4.69, 9.17) is 0 Å². The molecule has 1 unspecified atom stereocenters. The molecule has 3 nitrogen and oxygen atoms in total. The topological polar surface area (TPSA) is 37.8 Å². The van der Waals surface area contributed by atoms with Gasteiger partial charge >= 0.3 is 0 Å². The van der Waals surface area contributed by atoms with Crippen LogP contribution in [0.25, 0.3) is 0 Å². The molecule has 0 radical (unpaired) electrons. The van der Waals surface area contributed by atoms with Crippen molar-refractivity contribution >= 4 is 0 Å². The van der Waals surface area contributed by atoms with Crippen LogP contribution >= 0.6 is 0 Å². The third kappa shape index (κ3) is 3.59. The Bertz CT molecular complexity index is 257. The summed E-state index contributed by atoms with van der Waals surface area (Å²) in [6.45, 7) is 4.50. The van der Waals surface area contributed by atoms with E-state index in [1.165, 1.54) is 12.8 Å². The van der Waals surface area contributed by atoms with Crippen LogP contribution in [-0.2, 0) is 0 Å². The van der Waals surface area contributed by atoms with E-state index < -0.39 is 0 Å². The molecule has 0 aromatic carbocycles. The van der Waals surface area contributed by atoms with E-state index in [1.54, 1.807) is 12.5 Å². The van der Waals surface area contributed by atoms with Crippen molar-refractivity contribution in [2.24, 2.45) is 5.92 Å². The largest absolute Gasteiger partial charge is 0.312 e. The smallest absolute Gasteiger partial charge is 0.115 e. The zero-order valence-corrected chi connectivity index (χ0v) is 9.90. The Balaban J connectivity index is 2.64. The summed E-state index contributed by atoms with van der Waals surface area (Å²) < 4.78 is 0. The molecule has 1 rings (SSSR count). The average molecular weight is 207 g/mol. The molecule has 0 bridgehead atoms. The molecule has 1 N–H and O–H groups in total. The second kappa shape index (κ2) is 6.51. The highest BCUT2D eigenvalue weighted by atomic mass is 14.9. The Labute approximate surface area is 92.3 Å². The summed E-state index contributed by atoms with van der Waals surface area (Å²) >= 11 is 0. The van der Waals surface area contributed by atoms with Crippen molar-refractivity contribution in [3.05, 3.63) is 24.3 Å². The Morgan fingerprint density at radius 3 is 2.53 bits per heavy atom. The van der Waals surface area contributed by atoms with Crippen LogP contribution < -0.4 is 5.32 Å². The number of hydrogen-bond acceptors (Lipinski definition) is 3. The normalized spacial score (nSPS) is 13.1. The Hall–Kier alpha value is -0.960. The van der Waals surface area contributed by atoms with Crippen molar-refractivity contribution in [1.29, 1.82) is 0 Å². The van der Waals surface area contributed by atoms with Gasteiger partial charge in [-0.1, -0.05) is 26.7 Å². The molecular weight excluding hydrogens is 186 g/mol. The molecule has 0 saturated heterocycles. The van der Waals surface area contributed by atoms with Crippen molar-refractivity contribution in [3.63, 3.8) is 0 Å². The van der Waals surface area contributed by atoms with E-state index in [0.717, 1.165) is 18.0 Å².